The van der Waals surface area contributed by atoms with E-state index in [1.54, 1.807) is 36.4 Å². The van der Waals surface area contributed by atoms with E-state index in [2.05, 4.69) is 4.98 Å². The van der Waals surface area contributed by atoms with Crippen molar-refractivity contribution in [3.05, 3.63) is 59.8 Å². The van der Waals surface area contributed by atoms with Crippen molar-refractivity contribution in [3.8, 4) is 17.7 Å². The van der Waals surface area contributed by atoms with Gasteiger partial charge in [0.25, 0.3) is 0 Å². The van der Waals surface area contributed by atoms with E-state index >= 15 is 0 Å². The lowest BCUT2D eigenvalue weighted by atomic mass is 10.2. The number of hydrogen-bond acceptors (Lipinski definition) is 4. The first-order chi connectivity index (χ1) is 9.67. The Balaban J connectivity index is 2.10. The summed E-state index contributed by atoms with van der Waals surface area (Å²) in [7, 11) is 0. The number of nitrogens with zero attached hydrogens (tertiary/aromatic N) is 2. The fraction of sp³-hybridized carbons (Fsp3) is 0. The van der Waals surface area contributed by atoms with Gasteiger partial charge in [0.15, 0.2) is 0 Å². The van der Waals surface area contributed by atoms with Crippen LogP contribution < -0.4 is 4.74 Å². The number of carbonyl (C=O) groups is 1. The van der Waals surface area contributed by atoms with Crippen LogP contribution in [-0.2, 0) is 4.79 Å². The molecule has 5 heteroatoms. The molecule has 2 aromatic rings. The summed E-state index contributed by atoms with van der Waals surface area (Å²) in [5, 5.41) is 17.3. The molecule has 5 nitrogen and oxygen atoms in total. The Morgan fingerprint density at radius 1 is 1.35 bits per heavy atom. The average Bonchev–Trinajstić information content (AvgIpc) is 2.47. The first kappa shape index (κ1) is 13.3. The van der Waals surface area contributed by atoms with E-state index in [4.69, 9.17) is 15.1 Å². The molecule has 0 fully saturated rings. The van der Waals surface area contributed by atoms with Gasteiger partial charge in [0.1, 0.15) is 5.75 Å². The molecule has 0 saturated heterocycles. The van der Waals surface area contributed by atoms with Gasteiger partial charge in [0.05, 0.1) is 11.6 Å². The summed E-state index contributed by atoms with van der Waals surface area (Å²) >= 11 is 0. The third-order valence-corrected chi connectivity index (χ3v) is 2.36. The number of hydrogen-bond donors (Lipinski definition) is 1. The summed E-state index contributed by atoms with van der Waals surface area (Å²) in [4.78, 5) is 14.4. The van der Waals surface area contributed by atoms with Crippen molar-refractivity contribution >= 4 is 12.0 Å². The van der Waals surface area contributed by atoms with Gasteiger partial charge in [0.2, 0.25) is 5.88 Å². The molecule has 0 radical (unpaired) electrons. The minimum Gasteiger partial charge on any atom is -0.478 e. The average molecular weight is 266 g/mol. The van der Waals surface area contributed by atoms with Crippen molar-refractivity contribution in [3.63, 3.8) is 0 Å². The maximum absolute atomic E-state index is 10.4. The number of rotatable bonds is 4. The molecule has 1 aromatic carbocycles. The Bertz CT molecular complexity index is 685. The summed E-state index contributed by atoms with van der Waals surface area (Å²) in [5.74, 6) is -0.128. The second-order valence-corrected chi connectivity index (χ2v) is 3.84. The van der Waals surface area contributed by atoms with Gasteiger partial charge in [-0.05, 0) is 35.9 Å². The van der Waals surface area contributed by atoms with Crippen LogP contribution in [0.3, 0.4) is 0 Å². The second kappa shape index (κ2) is 6.16. The molecule has 0 amide bonds. The molecular weight excluding hydrogens is 256 g/mol. The highest BCUT2D eigenvalue weighted by Gasteiger charge is 2.00. The van der Waals surface area contributed by atoms with E-state index in [-0.39, 0.29) is 0 Å². The Morgan fingerprint density at radius 3 is 2.85 bits per heavy atom. The van der Waals surface area contributed by atoms with Crippen LogP contribution in [0, 0.1) is 11.3 Å². The van der Waals surface area contributed by atoms with Crippen LogP contribution in [0.25, 0.3) is 6.08 Å². The minimum absolute atomic E-state index is 0.368. The molecule has 1 aromatic heterocycles. The molecule has 0 aliphatic carbocycles. The third kappa shape index (κ3) is 3.68. The fourth-order valence-electron chi connectivity index (χ4n) is 1.47. The number of pyridine rings is 1. The van der Waals surface area contributed by atoms with Crippen molar-refractivity contribution < 1.29 is 14.6 Å². The Morgan fingerprint density at radius 2 is 2.20 bits per heavy atom. The summed E-state index contributed by atoms with van der Waals surface area (Å²) in [6, 6.07) is 12.1. The maximum atomic E-state index is 10.4. The first-order valence-electron chi connectivity index (χ1n) is 5.72. The largest absolute Gasteiger partial charge is 0.478 e. The van der Waals surface area contributed by atoms with Crippen LogP contribution in [0.5, 0.6) is 11.6 Å². The van der Waals surface area contributed by atoms with Gasteiger partial charge in [-0.25, -0.2) is 9.78 Å². The maximum Gasteiger partial charge on any atom is 0.328 e. The van der Waals surface area contributed by atoms with Gasteiger partial charge in [-0.3, -0.25) is 0 Å². The standard InChI is InChI=1S/C15H10N2O3/c16-9-12-2-1-3-13(8-12)20-14-6-4-11(10-17-14)5-7-15(18)19/h1-8,10H,(H,18,19)/b7-5+. The van der Waals surface area contributed by atoms with Crippen LogP contribution >= 0.6 is 0 Å². The van der Waals surface area contributed by atoms with Crippen LogP contribution in [0.1, 0.15) is 11.1 Å². The van der Waals surface area contributed by atoms with Gasteiger partial charge >= 0.3 is 5.97 Å². The quantitative estimate of drug-likeness (QED) is 0.860. The van der Waals surface area contributed by atoms with Crippen LogP contribution in [-0.4, -0.2) is 16.1 Å². The molecule has 0 saturated carbocycles. The molecule has 0 unspecified atom stereocenters. The van der Waals surface area contributed by atoms with Crippen LogP contribution in [0.2, 0.25) is 0 Å². The van der Waals surface area contributed by atoms with Crippen LogP contribution in [0.15, 0.2) is 48.7 Å². The fourth-order valence-corrected chi connectivity index (χ4v) is 1.47. The van der Waals surface area contributed by atoms with Gasteiger partial charge in [-0.1, -0.05) is 6.07 Å². The van der Waals surface area contributed by atoms with Crippen molar-refractivity contribution in [2.75, 3.05) is 0 Å². The number of carboxylic acids is 1. The van der Waals surface area contributed by atoms with E-state index < -0.39 is 5.97 Å². The van der Waals surface area contributed by atoms with E-state index in [0.717, 1.165) is 6.08 Å². The third-order valence-electron chi connectivity index (χ3n) is 2.36. The van der Waals surface area contributed by atoms with E-state index in [0.29, 0.717) is 22.8 Å². The van der Waals surface area contributed by atoms with Gasteiger partial charge in [-0.15, -0.1) is 0 Å². The number of aliphatic carboxylic acids is 1. The Kier molecular flexibility index (Phi) is 4.10. The van der Waals surface area contributed by atoms with Crippen molar-refractivity contribution in [2.45, 2.75) is 0 Å². The molecule has 2 rings (SSSR count). The molecule has 0 spiro atoms. The van der Waals surface area contributed by atoms with Crippen LogP contribution in [0.4, 0.5) is 0 Å². The summed E-state index contributed by atoms with van der Waals surface area (Å²) in [6.45, 7) is 0. The molecule has 98 valence electrons. The van der Waals surface area contributed by atoms with E-state index in [1.807, 2.05) is 6.07 Å². The lowest BCUT2D eigenvalue weighted by molar-refractivity contribution is -0.131. The molecule has 20 heavy (non-hydrogen) atoms. The highest BCUT2D eigenvalue weighted by Crippen LogP contribution is 2.20. The lowest BCUT2D eigenvalue weighted by Gasteiger charge is -2.04. The molecule has 1 N–H and O–H groups in total. The predicted molar refractivity (Wildman–Crippen MR) is 72.1 cm³/mol. The van der Waals surface area contributed by atoms with Gasteiger partial charge < -0.3 is 9.84 Å². The monoisotopic (exact) mass is 266 g/mol. The van der Waals surface area contributed by atoms with Gasteiger partial charge in [0, 0.05) is 18.3 Å². The van der Waals surface area contributed by atoms with Crippen molar-refractivity contribution in [2.24, 2.45) is 0 Å². The van der Waals surface area contributed by atoms with Crippen molar-refractivity contribution in [1.29, 1.82) is 5.26 Å². The zero-order valence-electron chi connectivity index (χ0n) is 10.4. The number of nitriles is 1. The minimum atomic E-state index is -1.02. The second-order valence-electron chi connectivity index (χ2n) is 3.84. The van der Waals surface area contributed by atoms with Crippen molar-refractivity contribution in [1.82, 2.24) is 4.98 Å². The summed E-state index contributed by atoms with van der Waals surface area (Å²) in [5.41, 5.74) is 1.16. The van der Waals surface area contributed by atoms with E-state index in [1.165, 1.54) is 12.3 Å². The summed E-state index contributed by atoms with van der Waals surface area (Å²) < 4.78 is 5.50. The Labute approximate surface area is 115 Å². The predicted octanol–water partition coefficient (Wildman–Crippen LogP) is 2.84. The van der Waals surface area contributed by atoms with Gasteiger partial charge in [-0.2, -0.15) is 5.26 Å². The lowest BCUT2D eigenvalue weighted by Crippen LogP contribution is -1.89. The highest BCUT2D eigenvalue weighted by molar-refractivity contribution is 5.85. The first-order valence-corrected chi connectivity index (χ1v) is 5.72. The zero-order valence-corrected chi connectivity index (χ0v) is 10.4. The molecule has 0 aliphatic heterocycles. The molecule has 0 aliphatic rings. The molecular formula is C15H10N2O3. The number of benzene rings is 1. The number of aromatic nitrogens is 1. The number of carboxylic acid groups (broad SMARTS) is 1. The topological polar surface area (TPSA) is 83.2 Å². The molecule has 1 heterocycles. The number of ether oxygens (including phenoxy) is 1. The normalized spacial score (nSPS) is 10.2. The Hall–Kier alpha value is -3.13. The molecule has 0 bridgehead atoms. The zero-order chi connectivity index (χ0) is 14.4. The molecule has 0 atom stereocenters. The SMILES string of the molecule is N#Cc1cccc(Oc2ccc(/C=C/C(=O)O)cn2)c1. The highest BCUT2D eigenvalue weighted by atomic mass is 16.5. The summed E-state index contributed by atoms with van der Waals surface area (Å²) in [6.07, 6.45) is 3.98. The van der Waals surface area contributed by atoms with E-state index in [9.17, 15) is 4.79 Å². The smallest absolute Gasteiger partial charge is 0.328 e.